The first-order valence-electron chi connectivity index (χ1n) is 6.44. The van der Waals surface area contributed by atoms with E-state index >= 15 is 0 Å². The van der Waals surface area contributed by atoms with Crippen LogP contribution in [0.4, 0.5) is 0 Å². The van der Waals surface area contributed by atoms with Gasteiger partial charge in [0.2, 0.25) is 0 Å². The molecule has 1 unspecified atom stereocenters. The van der Waals surface area contributed by atoms with Gasteiger partial charge in [0, 0.05) is 30.8 Å². The Hall–Kier alpha value is -2.43. The van der Waals surface area contributed by atoms with Crippen LogP contribution in [0.1, 0.15) is 17.8 Å². The number of nitrogens with zero attached hydrogens (tertiary/aromatic N) is 2. The van der Waals surface area contributed by atoms with E-state index in [2.05, 4.69) is 9.97 Å². The van der Waals surface area contributed by atoms with Crippen LogP contribution in [0.25, 0.3) is 0 Å². The van der Waals surface area contributed by atoms with Crippen molar-refractivity contribution in [3.63, 3.8) is 0 Å². The summed E-state index contributed by atoms with van der Waals surface area (Å²) in [6, 6.07) is 9.01. The Labute approximate surface area is 116 Å². The second-order valence-corrected chi connectivity index (χ2v) is 4.82. The average molecular weight is 270 g/mol. The number of aliphatic carboxylic acids is 1. The minimum Gasteiger partial charge on any atom is -0.493 e. The van der Waals surface area contributed by atoms with Crippen LogP contribution in [-0.4, -0.2) is 27.7 Å². The Morgan fingerprint density at radius 3 is 2.75 bits per heavy atom. The van der Waals surface area contributed by atoms with Crippen molar-refractivity contribution in [2.45, 2.75) is 18.3 Å². The van der Waals surface area contributed by atoms with Crippen molar-refractivity contribution in [1.29, 1.82) is 0 Å². The SMILES string of the molecule is O=C(O)C1(Cc2ncccn2)CCOc2ccccc21. The number of para-hydroxylation sites is 1. The van der Waals surface area contributed by atoms with E-state index in [-0.39, 0.29) is 6.42 Å². The maximum Gasteiger partial charge on any atom is 0.314 e. The maximum atomic E-state index is 11.9. The molecule has 2 heterocycles. The number of carboxylic acid groups (broad SMARTS) is 1. The summed E-state index contributed by atoms with van der Waals surface area (Å²) >= 11 is 0. The lowest BCUT2D eigenvalue weighted by atomic mass is 9.73. The van der Waals surface area contributed by atoms with Gasteiger partial charge in [0.05, 0.1) is 6.61 Å². The Bertz CT molecular complexity index is 630. The fraction of sp³-hybridized carbons (Fsp3) is 0.267. The highest BCUT2D eigenvalue weighted by Crippen LogP contribution is 2.40. The van der Waals surface area contributed by atoms with E-state index in [0.717, 1.165) is 0 Å². The van der Waals surface area contributed by atoms with Gasteiger partial charge in [0.25, 0.3) is 0 Å². The fourth-order valence-electron chi connectivity index (χ4n) is 2.63. The molecular formula is C15H14N2O3. The number of hydrogen-bond donors (Lipinski definition) is 1. The monoisotopic (exact) mass is 270 g/mol. The molecule has 1 aromatic heterocycles. The van der Waals surface area contributed by atoms with E-state index in [1.165, 1.54) is 0 Å². The van der Waals surface area contributed by atoms with Crippen LogP contribution in [0.3, 0.4) is 0 Å². The zero-order chi connectivity index (χ0) is 14.0. The third-order valence-electron chi connectivity index (χ3n) is 3.68. The van der Waals surface area contributed by atoms with Gasteiger partial charge in [-0.1, -0.05) is 18.2 Å². The van der Waals surface area contributed by atoms with Gasteiger partial charge in [0.15, 0.2) is 0 Å². The number of ether oxygens (including phenoxy) is 1. The Morgan fingerprint density at radius 1 is 1.25 bits per heavy atom. The van der Waals surface area contributed by atoms with Gasteiger partial charge in [-0.05, 0) is 12.1 Å². The summed E-state index contributed by atoms with van der Waals surface area (Å²) in [6.45, 7) is 0.385. The molecule has 0 bridgehead atoms. The van der Waals surface area contributed by atoms with Gasteiger partial charge in [-0.3, -0.25) is 4.79 Å². The highest BCUT2D eigenvalue weighted by atomic mass is 16.5. The van der Waals surface area contributed by atoms with Gasteiger partial charge in [-0.25, -0.2) is 9.97 Å². The molecule has 1 aliphatic rings. The molecule has 0 saturated carbocycles. The molecule has 0 radical (unpaired) electrons. The van der Waals surface area contributed by atoms with Crippen LogP contribution >= 0.6 is 0 Å². The average Bonchev–Trinajstić information content (AvgIpc) is 2.48. The van der Waals surface area contributed by atoms with Gasteiger partial charge in [0.1, 0.15) is 17.0 Å². The zero-order valence-corrected chi connectivity index (χ0v) is 10.8. The van der Waals surface area contributed by atoms with Crippen LogP contribution in [0.15, 0.2) is 42.7 Å². The number of aromatic nitrogens is 2. The Morgan fingerprint density at radius 2 is 2.00 bits per heavy atom. The second kappa shape index (κ2) is 4.92. The van der Waals surface area contributed by atoms with Crippen molar-refractivity contribution in [2.75, 3.05) is 6.61 Å². The summed E-state index contributed by atoms with van der Waals surface area (Å²) < 4.78 is 5.56. The third-order valence-corrected chi connectivity index (χ3v) is 3.68. The van der Waals surface area contributed by atoms with Crippen LogP contribution in [0.2, 0.25) is 0 Å². The summed E-state index contributed by atoms with van der Waals surface area (Å²) in [6.07, 6.45) is 3.94. The standard InChI is InChI=1S/C15H14N2O3/c18-14(19)15(10-13-16-7-3-8-17-13)6-9-20-12-5-2-1-4-11(12)15/h1-5,7-8H,6,9-10H2,(H,18,19). The lowest BCUT2D eigenvalue weighted by Gasteiger charge is -2.34. The predicted molar refractivity (Wildman–Crippen MR) is 71.6 cm³/mol. The summed E-state index contributed by atoms with van der Waals surface area (Å²) in [5.74, 6) is 0.310. The molecule has 20 heavy (non-hydrogen) atoms. The predicted octanol–water partition coefficient (Wildman–Crippen LogP) is 1.82. The van der Waals surface area contributed by atoms with Crippen molar-refractivity contribution >= 4 is 5.97 Å². The molecule has 0 spiro atoms. The summed E-state index contributed by atoms with van der Waals surface area (Å²) in [5.41, 5.74) is -0.317. The first-order chi connectivity index (χ1) is 9.72. The minimum absolute atomic E-state index is 0.267. The number of hydrogen-bond acceptors (Lipinski definition) is 4. The highest BCUT2D eigenvalue weighted by Gasteiger charge is 2.45. The van der Waals surface area contributed by atoms with Crippen LogP contribution in [-0.2, 0) is 16.6 Å². The van der Waals surface area contributed by atoms with Crippen molar-refractivity contribution in [2.24, 2.45) is 0 Å². The minimum atomic E-state index is -1.02. The normalized spacial score (nSPS) is 20.8. The number of rotatable bonds is 3. The van der Waals surface area contributed by atoms with E-state index in [1.807, 2.05) is 18.2 Å². The van der Waals surface area contributed by atoms with Gasteiger partial charge >= 0.3 is 5.97 Å². The topological polar surface area (TPSA) is 72.3 Å². The second-order valence-electron chi connectivity index (χ2n) is 4.82. The van der Waals surface area contributed by atoms with E-state index in [4.69, 9.17) is 4.74 Å². The molecule has 0 fully saturated rings. The lowest BCUT2D eigenvalue weighted by molar-refractivity contribution is -0.145. The largest absolute Gasteiger partial charge is 0.493 e. The molecule has 0 saturated heterocycles. The Balaban J connectivity index is 2.08. The highest BCUT2D eigenvalue weighted by molar-refractivity contribution is 5.83. The molecule has 3 rings (SSSR count). The molecule has 2 aromatic rings. The molecule has 1 aromatic carbocycles. The third kappa shape index (κ3) is 2.01. The van der Waals surface area contributed by atoms with E-state index in [1.54, 1.807) is 24.5 Å². The molecule has 5 nitrogen and oxygen atoms in total. The molecular weight excluding hydrogens is 256 g/mol. The van der Waals surface area contributed by atoms with Gasteiger partial charge in [-0.15, -0.1) is 0 Å². The number of fused-ring (bicyclic) bond motifs is 1. The molecule has 1 N–H and O–H groups in total. The molecule has 102 valence electrons. The number of carbonyl (C=O) groups is 1. The van der Waals surface area contributed by atoms with Gasteiger partial charge in [-0.2, -0.15) is 0 Å². The molecule has 1 atom stereocenters. The quantitative estimate of drug-likeness (QED) is 0.921. The summed E-state index contributed by atoms with van der Waals surface area (Å²) in [5, 5.41) is 9.79. The maximum absolute atomic E-state index is 11.9. The smallest absolute Gasteiger partial charge is 0.314 e. The van der Waals surface area contributed by atoms with Crippen molar-refractivity contribution in [3.05, 3.63) is 54.1 Å². The summed E-state index contributed by atoms with van der Waals surface area (Å²) in [4.78, 5) is 20.2. The van der Waals surface area contributed by atoms with E-state index in [9.17, 15) is 9.90 Å². The van der Waals surface area contributed by atoms with Gasteiger partial charge < -0.3 is 9.84 Å². The van der Waals surface area contributed by atoms with Crippen LogP contribution in [0, 0.1) is 0 Å². The van der Waals surface area contributed by atoms with Crippen LogP contribution in [0.5, 0.6) is 5.75 Å². The lowest BCUT2D eigenvalue weighted by Crippen LogP contribution is -2.42. The van der Waals surface area contributed by atoms with E-state index < -0.39 is 11.4 Å². The van der Waals surface area contributed by atoms with Crippen molar-refractivity contribution in [3.8, 4) is 5.75 Å². The Kier molecular flexibility index (Phi) is 3.10. The molecule has 0 aliphatic carbocycles. The molecule has 1 aliphatic heterocycles. The van der Waals surface area contributed by atoms with Crippen LogP contribution < -0.4 is 4.74 Å². The number of benzene rings is 1. The van der Waals surface area contributed by atoms with Crippen molar-refractivity contribution in [1.82, 2.24) is 9.97 Å². The molecule has 0 amide bonds. The molecule has 5 heteroatoms. The number of carboxylic acids is 1. The fourth-order valence-corrected chi connectivity index (χ4v) is 2.63. The first kappa shape index (κ1) is 12.6. The zero-order valence-electron chi connectivity index (χ0n) is 10.8. The summed E-state index contributed by atoms with van der Waals surface area (Å²) in [7, 11) is 0. The first-order valence-corrected chi connectivity index (χ1v) is 6.44. The van der Waals surface area contributed by atoms with Crippen molar-refractivity contribution < 1.29 is 14.6 Å². The van der Waals surface area contributed by atoms with E-state index in [0.29, 0.717) is 30.2 Å².